The molecule has 2 N–H and O–H groups in total. The van der Waals surface area contributed by atoms with E-state index in [2.05, 4.69) is 83.0 Å². The van der Waals surface area contributed by atoms with Crippen LogP contribution in [0.2, 0.25) is 0 Å². The lowest BCUT2D eigenvalue weighted by molar-refractivity contribution is 0.160. The summed E-state index contributed by atoms with van der Waals surface area (Å²) in [6, 6.07) is 1.27. The fraction of sp³-hybridized carbons (Fsp3) is 0.897. The molecule has 2 atom stereocenters. The van der Waals surface area contributed by atoms with Gasteiger partial charge in [0.2, 0.25) is 11.9 Å². The molecule has 1 aromatic rings. The molecule has 0 saturated carbocycles. The summed E-state index contributed by atoms with van der Waals surface area (Å²) in [5, 5.41) is 7.47. The van der Waals surface area contributed by atoms with Gasteiger partial charge in [-0.1, -0.05) is 41.5 Å². The van der Waals surface area contributed by atoms with E-state index < -0.39 is 0 Å². The molecular formula is C29H61N7. The summed E-state index contributed by atoms with van der Waals surface area (Å²) in [6.07, 6.45) is 4.28. The summed E-state index contributed by atoms with van der Waals surface area (Å²) < 4.78 is 0. The first-order valence-electron chi connectivity index (χ1n) is 14.4. The van der Waals surface area contributed by atoms with Gasteiger partial charge in [0.15, 0.2) is 0 Å². The quantitative estimate of drug-likeness (QED) is 0.491. The van der Waals surface area contributed by atoms with E-state index in [1.807, 2.05) is 48.5 Å². The summed E-state index contributed by atoms with van der Waals surface area (Å²) in [4.78, 5) is 18.9. The molecule has 0 bridgehead atoms. The minimum Gasteiger partial charge on any atom is -0.341 e. The summed E-state index contributed by atoms with van der Waals surface area (Å²) in [5.74, 6) is 2.35. The van der Waals surface area contributed by atoms with Crippen molar-refractivity contribution >= 4 is 11.9 Å². The number of nitrogens with one attached hydrogen (secondary N) is 2. The highest BCUT2D eigenvalue weighted by Crippen LogP contribution is 2.33. The maximum Gasteiger partial charge on any atom is 0.230 e. The van der Waals surface area contributed by atoms with Crippen LogP contribution >= 0.6 is 0 Å². The van der Waals surface area contributed by atoms with Crippen molar-refractivity contribution in [3.05, 3.63) is 5.82 Å². The number of nitrogens with zero attached hydrogens (tertiary/aromatic N) is 5. The van der Waals surface area contributed by atoms with Gasteiger partial charge in [-0.05, 0) is 81.1 Å². The molecular weight excluding hydrogens is 446 g/mol. The van der Waals surface area contributed by atoms with Gasteiger partial charge in [0.05, 0.1) is 0 Å². The summed E-state index contributed by atoms with van der Waals surface area (Å²) >= 11 is 0. The lowest BCUT2D eigenvalue weighted by Crippen LogP contribution is -2.62. The monoisotopic (exact) mass is 507 g/mol. The van der Waals surface area contributed by atoms with Crippen molar-refractivity contribution in [3.8, 4) is 0 Å². The second kappa shape index (κ2) is 14.5. The van der Waals surface area contributed by atoms with Crippen LogP contribution in [0.3, 0.4) is 0 Å². The molecule has 3 rings (SSSR count). The third-order valence-electron chi connectivity index (χ3n) is 6.63. The predicted molar refractivity (Wildman–Crippen MR) is 159 cm³/mol. The second-order valence-electron chi connectivity index (χ2n) is 11.7. The highest BCUT2D eigenvalue weighted by atomic mass is 15.3. The Morgan fingerprint density at radius 3 is 1.47 bits per heavy atom. The highest BCUT2D eigenvalue weighted by molar-refractivity contribution is 5.40. The molecule has 0 amide bonds. The Kier molecular flexibility index (Phi) is 13.9. The maximum atomic E-state index is 4.94. The Morgan fingerprint density at radius 2 is 1.06 bits per heavy atom. The number of aromatic nitrogens is 3. The van der Waals surface area contributed by atoms with E-state index in [1.165, 1.54) is 0 Å². The molecule has 0 radical (unpaired) electrons. The molecule has 1 aromatic heterocycles. The molecule has 2 aliphatic rings. The van der Waals surface area contributed by atoms with E-state index >= 15 is 0 Å². The van der Waals surface area contributed by atoms with E-state index in [0.717, 1.165) is 43.4 Å². The van der Waals surface area contributed by atoms with Crippen molar-refractivity contribution in [1.29, 1.82) is 0 Å². The van der Waals surface area contributed by atoms with Gasteiger partial charge >= 0.3 is 0 Å². The van der Waals surface area contributed by atoms with E-state index in [0.29, 0.717) is 18.1 Å². The maximum absolute atomic E-state index is 4.94. The molecule has 2 saturated heterocycles. The van der Waals surface area contributed by atoms with Gasteiger partial charge in [-0.2, -0.15) is 15.0 Å². The Balaban J connectivity index is 0.00000190. The number of piperidine rings is 2. The molecule has 2 aliphatic heterocycles. The van der Waals surface area contributed by atoms with Crippen molar-refractivity contribution in [2.75, 3.05) is 23.9 Å². The smallest absolute Gasteiger partial charge is 0.230 e. The van der Waals surface area contributed by atoms with E-state index in [-0.39, 0.29) is 16.6 Å². The van der Waals surface area contributed by atoms with Crippen LogP contribution in [0.15, 0.2) is 0 Å². The van der Waals surface area contributed by atoms with Crippen molar-refractivity contribution in [2.45, 2.75) is 157 Å². The van der Waals surface area contributed by atoms with Crippen LogP contribution in [0.1, 0.15) is 122 Å². The third-order valence-corrected chi connectivity index (χ3v) is 6.63. The number of aryl methyl sites for hydroxylation is 1. The van der Waals surface area contributed by atoms with Crippen LogP contribution in [-0.4, -0.2) is 63.8 Å². The minimum absolute atomic E-state index is 0.0825. The second-order valence-corrected chi connectivity index (χ2v) is 11.7. The first-order valence-corrected chi connectivity index (χ1v) is 14.4. The largest absolute Gasteiger partial charge is 0.341 e. The topological polar surface area (TPSA) is 69.2 Å². The summed E-state index contributed by atoms with van der Waals surface area (Å²) in [6.45, 7) is 29.9. The average Bonchev–Trinajstić information content (AvgIpc) is 2.78. The number of hydrogen-bond acceptors (Lipinski definition) is 7. The van der Waals surface area contributed by atoms with Gasteiger partial charge in [-0.25, -0.2) is 0 Å². The van der Waals surface area contributed by atoms with Gasteiger partial charge in [0, 0.05) is 48.8 Å². The number of rotatable bonds is 4. The molecule has 7 nitrogen and oxygen atoms in total. The summed E-state index contributed by atoms with van der Waals surface area (Å²) in [5.41, 5.74) is 0.281. The van der Waals surface area contributed by atoms with Crippen LogP contribution in [-0.2, 0) is 0 Å². The molecule has 0 spiro atoms. The van der Waals surface area contributed by atoms with Gasteiger partial charge in [-0.15, -0.1) is 0 Å². The summed E-state index contributed by atoms with van der Waals surface area (Å²) in [7, 11) is 4.27. The molecule has 7 heteroatoms. The lowest BCUT2D eigenvalue weighted by Gasteiger charge is -2.49. The lowest BCUT2D eigenvalue weighted by atomic mass is 9.79. The van der Waals surface area contributed by atoms with E-state index in [9.17, 15) is 0 Å². The first-order chi connectivity index (χ1) is 16.7. The minimum atomic E-state index is 0.0825. The van der Waals surface area contributed by atoms with Crippen molar-refractivity contribution in [2.24, 2.45) is 0 Å². The fourth-order valence-electron chi connectivity index (χ4n) is 5.80. The third kappa shape index (κ3) is 10.1. The molecule has 0 aliphatic carbocycles. The standard InChI is InChI=1S/C23H43N7.3C2H6/c1-15-11-17(12-21(3,4)27-15)29(9)19-24-16(2)25-20(26-19)30(10)18-13-22(5,6)28-23(7,8)14-18;3*1-2/h15,17-18,27-28H,11-14H2,1-10H3;3*1-2H3. The van der Waals surface area contributed by atoms with Crippen molar-refractivity contribution in [1.82, 2.24) is 25.6 Å². The van der Waals surface area contributed by atoms with Crippen LogP contribution in [0.25, 0.3) is 0 Å². The Hall–Kier alpha value is -1.47. The Labute approximate surface area is 224 Å². The highest BCUT2D eigenvalue weighted by Gasteiger charge is 2.40. The zero-order valence-corrected chi connectivity index (χ0v) is 26.8. The molecule has 2 fully saturated rings. The van der Waals surface area contributed by atoms with E-state index in [1.54, 1.807) is 0 Å². The zero-order chi connectivity index (χ0) is 28.5. The molecule has 212 valence electrons. The molecule has 3 heterocycles. The van der Waals surface area contributed by atoms with Gasteiger partial charge in [0.1, 0.15) is 5.82 Å². The SMILES string of the molecule is CC.CC.CC.Cc1nc(N(C)C2CC(C)NC(C)(C)C2)nc(N(C)C2CC(C)(C)NC(C)(C)C2)n1. The van der Waals surface area contributed by atoms with Crippen molar-refractivity contribution in [3.63, 3.8) is 0 Å². The predicted octanol–water partition coefficient (Wildman–Crippen LogP) is 6.36. The van der Waals surface area contributed by atoms with Crippen molar-refractivity contribution < 1.29 is 0 Å². The zero-order valence-electron chi connectivity index (χ0n) is 26.8. The van der Waals surface area contributed by atoms with Gasteiger partial charge < -0.3 is 20.4 Å². The molecule has 36 heavy (non-hydrogen) atoms. The van der Waals surface area contributed by atoms with E-state index in [4.69, 9.17) is 15.0 Å². The van der Waals surface area contributed by atoms with Crippen LogP contribution in [0, 0.1) is 6.92 Å². The normalized spacial score (nSPS) is 24.0. The molecule has 0 aromatic carbocycles. The Bertz CT molecular complexity index is 744. The number of anilines is 2. The van der Waals surface area contributed by atoms with Crippen LogP contribution < -0.4 is 20.4 Å². The van der Waals surface area contributed by atoms with Gasteiger partial charge in [0.25, 0.3) is 0 Å². The Morgan fingerprint density at radius 1 is 0.667 bits per heavy atom. The molecule has 2 unspecified atom stereocenters. The van der Waals surface area contributed by atoms with Gasteiger partial charge in [-0.3, -0.25) is 0 Å². The van der Waals surface area contributed by atoms with Crippen LogP contribution in [0.4, 0.5) is 11.9 Å². The average molecular weight is 508 g/mol. The van der Waals surface area contributed by atoms with Crippen LogP contribution in [0.5, 0.6) is 0 Å². The first kappa shape index (κ1) is 34.5. The number of hydrogen-bond donors (Lipinski definition) is 2. The fourth-order valence-corrected chi connectivity index (χ4v) is 5.80.